The minimum atomic E-state index is -0.155. The first-order valence-electron chi connectivity index (χ1n) is 9.58. The van der Waals surface area contributed by atoms with Gasteiger partial charge in [-0.05, 0) is 30.4 Å². The molecule has 146 valence electrons. The summed E-state index contributed by atoms with van der Waals surface area (Å²) in [6.07, 6.45) is 0.967. The van der Waals surface area contributed by atoms with E-state index in [2.05, 4.69) is 36.4 Å². The molecular weight excluding hydrogens is 350 g/mol. The van der Waals surface area contributed by atoms with E-state index in [1.807, 2.05) is 43.3 Å². The molecule has 0 spiro atoms. The number of fused-ring (bicyclic) bond motifs is 1. The number of rotatable bonds is 6. The molecule has 1 atom stereocenters. The zero-order valence-electron chi connectivity index (χ0n) is 16.9. The summed E-state index contributed by atoms with van der Waals surface area (Å²) in [5, 5.41) is 8.72. The molecule has 0 unspecified atom stereocenters. The van der Waals surface area contributed by atoms with E-state index in [4.69, 9.17) is 0 Å². The number of amides is 1. The van der Waals surface area contributed by atoms with Gasteiger partial charge < -0.3 is 5.32 Å². The first kappa shape index (κ1) is 19.8. The smallest absolute Gasteiger partial charge is 0.274 e. The Balaban J connectivity index is 1.72. The minimum Gasteiger partial charge on any atom is -0.353 e. The summed E-state index contributed by atoms with van der Waals surface area (Å²) >= 11 is 0. The van der Waals surface area contributed by atoms with Gasteiger partial charge in [-0.2, -0.15) is 5.10 Å². The predicted molar refractivity (Wildman–Crippen MR) is 112 cm³/mol. The van der Waals surface area contributed by atoms with Gasteiger partial charge in [0.15, 0.2) is 0 Å². The maximum Gasteiger partial charge on any atom is 0.274 e. The monoisotopic (exact) mass is 377 g/mol. The Kier molecular flexibility index (Phi) is 5.63. The molecule has 0 fully saturated rings. The number of nitrogens with zero attached hydrogens (tertiary/aromatic N) is 2. The van der Waals surface area contributed by atoms with Crippen LogP contribution in [0.15, 0.2) is 59.4 Å². The first-order chi connectivity index (χ1) is 13.3. The number of benzene rings is 2. The Morgan fingerprint density at radius 1 is 1.07 bits per heavy atom. The fraction of sp³-hybridized carbons (Fsp3) is 0.348. The van der Waals surface area contributed by atoms with Crippen molar-refractivity contribution >= 4 is 16.7 Å². The molecule has 1 aromatic heterocycles. The van der Waals surface area contributed by atoms with Crippen LogP contribution >= 0.6 is 0 Å². The van der Waals surface area contributed by atoms with Crippen molar-refractivity contribution in [1.82, 2.24) is 15.1 Å². The highest BCUT2D eigenvalue weighted by atomic mass is 16.1. The van der Waals surface area contributed by atoms with Crippen LogP contribution in [0.2, 0.25) is 0 Å². The van der Waals surface area contributed by atoms with Crippen molar-refractivity contribution in [3.8, 4) is 0 Å². The maximum atomic E-state index is 12.6. The van der Waals surface area contributed by atoms with E-state index in [0.29, 0.717) is 11.1 Å². The van der Waals surface area contributed by atoms with Gasteiger partial charge in [-0.3, -0.25) is 9.59 Å². The summed E-state index contributed by atoms with van der Waals surface area (Å²) in [6, 6.07) is 17.6. The molecule has 0 radical (unpaired) electrons. The van der Waals surface area contributed by atoms with Crippen LogP contribution in [-0.4, -0.2) is 21.7 Å². The van der Waals surface area contributed by atoms with Crippen molar-refractivity contribution in [2.75, 3.05) is 0 Å². The molecule has 3 aromatic rings. The average molecular weight is 377 g/mol. The van der Waals surface area contributed by atoms with Crippen LogP contribution in [0.3, 0.4) is 0 Å². The number of nitrogens with one attached hydrogen (secondary N) is 1. The highest BCUT2D eigenvalue weighted by Crippen LogP contribution is 2.28. The first-order valence-corrected chi connectivity index (χ1v) is 9.58. The third-order valence-electron chi connectivity index (χ3n) is 5.14. The van der Waals surface area contributed by atoms with E-state index in [1.165, 1.54) is 10.2 Å². The van der Waals surface area contributed by atoms with Gasteiger partial charge in [-0.25, -0.2) is 4.68 Å². The molecule has 0 aliphatic heterocycles. The summed E-state index contributed by atoms with van der Waals surface area (Å²) < 4.78 is 1.30. The summed E-state index contributed by atoms with van der Waals surface area (Å²) in [4.78, 5) is 24.9. The molecule has 0 bridgehead atoms. The summed E-state index contributed by atoms with van der Waals surface area (Å²) in [5.74, 6) is -0.0901. The quantitative estimate of drug-likeness (QED) is 0.716. The van der Waals surface area contributed by atoms with E-state index >= 15 is 0 Å². The van der Waals surface area contributed by atoms with Gasteiger partial charge in [0.2, 0.25) is 5.91 Å². The molecular formula is C23H27N3O2. The predicted octanol–water partition coefficient (Wildman–Crippen LogP) is 3.35. The van der Waals surface area contributed by atoms with Crippen molar-refractivity contribution in [3.05, 3.63) is 76.2 Å². The molecule has 2 aromatic carbocycles. The van der Waals surface area contributed by atoms with E-state index in [-0.39, 0.29) is 29.3 Å². The molecule has 28 heavy (non-hydrogen) atoms. The Bertz CT molecular complexity index is 1040. The van der Waals surface area contributed by atoms with Gasteiger partial charge in [0, 0.05) is 18.5 Å². The van der Waals surface area contributed by atoms with Crippen molar-refractivity contribution < 1.29 is 4.79 Å². The van der Waals surface area contributed by atoms with Crippen molar-refractivity contribution in [3.63, 3.8) is 0 Å². The lowest BCUT2D eigenvalue weighted by atomic mass is 9.79. The molecule has 1 heterocycles. The summed E-state index contributed by atoms with van der Waals surface area (Å²) in [7, 11) is 1.61. The van der Waals surface area contributed by atoms with E-state index in [1.54, 1.807) is 13.1 Å². The topological polar surface area (TPSA) is 64.0 Å². The second-order valence-corrected chi connectivity index (χ2v) is 8.02. The standard InChI is InChI=1S/C23H27N3O2/c1-16(15-23(2,3)17-10-6-5-7-11-17)24-21(27)14-20-18-12-8-9-13-19(18)22(28)26(4)25-20/h5-13,16H,14-15H2,1-4H3,(H,24,27)/t16-/m0/s1. The number of aromatic nitrogens is 2. The third kappa shape index (κ3) is 4.30. The van der Waals surface area contributed by atoms with Gasteiger partial charge >= 0.3 is 0 Å². The van der Waals surface area contributed by atoms with Crippen LogP contribution in [0.4, 0.5) is 0 Å². The van der Waals surface area contributed by atoms with E-state index in [9.17, 15) is 9.59 Å². The Hall–Kier alpha value is -2.95. The van der Waals surface area contributed by atoms with Gasteiger partial charge in [-0.1, -0.05) is 62.4 Å². The maximum absolute atomic E-state index is 12.6. The van der Waals surface area contributed by atoms with Crippen molar-refractivity contribution in [2.45, 2.75) is 45.1 Å². The molecule has 0 aliphatic carbocycles. The van der Waals surface area contributed by atoms with Crippen LogP contribution in [0.5, 0.6) is 0 Å². The van der Waals surface area contributed by atoms with Gasteiger partial charge in [0.1, 0.15) is 0 Å². The lowest BCUT2D eigenvalue weighted by molar-refractivity contribution is -0.121. The van der Waals surface area contributed by atoms with E-state index in [0.717, 1.165) is 11.8 Å². The molecule has 0 aliphatic rings. The third-order valence-corrected chi connectivity index (χ3v) is 5.14. The highest BCUT2D eigenvalue weighted by Gasteiger charge is 2.24. The molecule has 0 saturated carbocycles. The van der Waals surface area contributed by atoms with Crippen LogP contribution < -0.4 is 10.9 Å². The zero-order valence-corrected chi connectivity index (χ0v) is 16.9. The molecule has 1 N–H and O–H groups in total. The number of hydrogen-bond acceptors (Lipinski definition) is 3. The number of aryl methyl sites for hydroxylation is 1. The lowest BCUT2D eigenvalue weighted by Crippen LogP contribution is -2.38. The summed E-state index contributed by atoms with van der Waals surface area (Å²) in [5.41, 5.74) is 1.67. The highest BCUT2D eigenvalue weighted by molar-refractivity contribution is 5.88. The Morgan fingerprint density at radius 3 is 2.36 bits per heavy atom. The second kappa shape index (κ2) is 7.97. The molecule has 5 heteroatoms. The van der Waals surface area contributed by atoms with E-state index < -0.39 is 0 Å². The molecule has 5 nitrogen and oxygen atoms in total. The van der Waals surface area contributed by atoms with Crippen molar-refractivity contribution in [1.29, 1.82) is 0 Å². The fourth-order valence-electron chi connectivity index (χ4n) is 3.81. The van der Waals surface area contributed by atoms with Crippen LogP contribution in [-0.2, 0) is 23.7 Å². The lowest BCUT2D eigenvalue weighted by Gasteiger charge is -2.29. The number of carbonyl (C=O) groups is 1. The van der Waals surface area contributed by atoms with Crippen LogP contribution in [0.25, 0.3) is 10.8 Å². The normalized spacial score (nSPS) is 12.7. The molecule has 0 saturated heterocycles. The molecule has 1 amide bonds. The zero-order chi connectivity index (χ0) is 20.3. The summed E-state index contributed by atoms with van der Waals surface area (Å²) in [6.45, 7) is 6.40. The van der Waals surface area contributed by atoms with Gasteiger partial charge in [-0.15, -0.1) is 0 Å². The SMILES string of the molecule is C[C@@H](CC(C)(C)c1ccccc1)NC(=O)Cc1nn(C)c(=O)c2ccccc12. The Labute approximate surface area is 165 Å². The number of carbonyl (C=O) groups excluding carboxylic acids is 1. The average Bonchev–Trinajstić information content (AvgIpc) is 2.66. The second-order valence-electron chi connectivity index (χ2n) is 8.02. The van der Waals surface area contributed by atoms with Crippen LogP contribution in [0.1, 0.15) is 38.4 Å². The molecule has 3 rings (SSSR count). The van der Waals surface area contributed by atoms with Crippen molar-refractivity contribution in [2.24, 2.45) is 7.05 Å². The Morgan fingerprint density at radius 2 is 1.68 bits per heavy atom. The van der Waals surface area contributed by atoms with Gasteiger partial charge in [0.25, 0.3) is 5.56 Å². The van der Waals surface area contributed by atoms with Gasteiger partial charge in [0.05, 0.1) is 17.5 Å². The minimum absolute atomic E-state index is 0.0153. The number of hydrogen-bond donors (Lipinski definition) is 1. The fourth-order valence-corrected chi connectivity index (χ4v) is 3.81. The largest absolute Gasteiger partial charge is 0.353 e. The van der Waals surface area contributed by atoms with Crippen LogP contribution in [0, 0.1) is 0 Å².